The summed E-state index contributed by atoms with van der Waals surface area (Å²) in [6, 6.07) is 8.56. The molecule has 0 bridgehead atoms. The van der Waals surface area contributed by atoms with Crippen LogP contribution in [0.15, 0.2) is 36.5 Å². The van der Waals surface area contributed by atoms with Crippen LogP contribution >= 0.6 is 0 Å². The van der Waals surface area contributed by atoms with Gasteiger partial charge >= 0.3 is 5.97 Å². The largest absolute Gasteiger partial charge is 0.508 e. The van der Waals surface area contributed by atoms with Gasteiger partial charge in [-0.2, -0.15) is 5.10 Å². The number of rotatable bonds is 9. The second-order valence-electron chi connectivity index (χ2n) is 7.23. The van der Waals surface area contributed by atoms with E-state index in [0.29, 0.717) is 24.3 Å². The van der Waals surface area contributed by atoms with Gasteiger partial charge in [0.25, 0.3) is 0 Å². The van der Waals surface area contributed by atoms with Gasteiger partial charge in [-0.15, -0.1) is 0 Å². The molecule has 0 aliphatic heterocycles. The quantitative estimate of drug-likeness (QED) is 0.425. The second kappa shape index (κ2) is 9.30. The minimum Gasteiger partial charge on any atom is -0.508 e. The van der Waals surface area contributed by atoms with E-state index in [1.165, 1.54) is 0 Å². The zero-order chi connectivity index (χ0) is 21.7. The molecule has 0 aliphatic carbocycles. The number of benzene rings is 1. The predicted octanol–water partition coefficient (Wildman–Crippen LogP) is 3.96. The third-order valence-electron chi connectivity index (χ3n) is 5.00. The molecule has 4 N–H and O–H groups in total. The van der Waals surface area contributed by atoms with E-state index in [0.717, 1.165) is 29.8 Å². The highest BCUT2D eigenvalue weighted by Gasteiger charge is 2.20. The van der Waals surface area contributed by atoms with Crippen molar-refractivity contribution < 1.29 is 19.8 Å². The smallest absolute Gasteiger partial charge is 0.339 e. The van der Waals surface area contributed by atoms with Crippen LogP contribution in [0, 0.1) is 6.92 Å². The first-order chi connectivity index (χ1) is 14.4. The van der Waals surface area contributed by atoms with Crippen LogP contribution in [0.2, 0.25) is 0 Å². The molecule has 1 aromatic carbocycles. The molecule has 2 aromatic heterocycles. The number of aromatic hydroxyl groups is 1. The molecule has 0 spiro atoms. The molecule has 3 rings (SSSR count). The van der Waals surface area contributed by atoms with Gasteiger partial charge in [-0.05, 0) is 50.1 Å². The summed E-state index contributed by atoms with van der Waals surface area (Å²) >= 11 is 0. The topological polar surface area (TPSA) is 120 Å². The molecule has 0 aliphatic rings. The fourth-order valence-corrected chi connectivity index (χ4v) is 3.31. The van der Waals surface area contributed by atoms with Crippen LogP contribution in [0.5, 0.6) is 5.75 Å². The van der Waals surface area contributed by atoms with Gasteiger partial charge in [-0.25, -0.2) is 4.79 Å². The predicted molar refractivity (Wildman–Crippen MR) is 114 cm³/mol. The number of nitrogens with zero attached hydrogens (tertiary/aromatic N) is 2. The number of carbonyl (C=O) groups excluding carboxylic acids is 1. The van der Waals surface area contributed by atoms with Crippen LogP contribution in [0.4, 0.5) is 5.69 Å². The van der Waals surface area contributed by atoms with Crippen molar-refractivity contribution >= 4 is 17.6 Å². The Bertz CT molecular complexity index is 1030. The summed E-state index contributed by atoms with van der Waals surface area (Å²) in [6.07, 6.45) is 4.26. The molecule has 3 aromatic rings. The van der Waals surface area contributed by atoms with Crippen molar-refractivity contribution in [1.82, 2.24) is 14.8 Å². The number of carboxylic acids is 1. The van der Waals surface area contributed by atoms with Crippen molar-refractivity contribution in [2.75, 3.05) is 5.32 Å². The number of amides is 1. The van der Waals surface area contributed by atoms with Gasteiger partial charge in [-0.1, -0.05) is 13.3 Å². The summed E-state index contributed by atoms with van der Waals surface area (Å²) in [5.41, 5.74) is 3.48. The third kappa shape index (κ3) is 4.89. The zero-order valence-electron chi connectivity index (χ0n) is 17.1. The lowest BCUT2D eigenvalue weighted by Crippen LogP contribution is -2.14. The Balaban J connectivity index is 1.64. The Morgan fingerprint density at radius 3 is 2.63 bits per heavy atom. The van der Waals surface area contributed by atoms with Crippen molar-refractivity contribution in [3.8, 4) is 17.0 Å². The number of nitrogens with one attached hydrogen (secondary N) is 2. The normalized spacial score (nSPS) is 10.9. The van der Waals surface area contributed by atoms with E-state index in [9.17, 15) is 19.8 Å². The zero-order valence-corrected chi connectivity index (χ0v) is 17.1. The number of H-pyrrole nitrogens is 1. The maximum absolute atomic E-state index is 12.4. The first-order valence-electron chi connectivity index (χ1n) is 9.95. The minimum atomic E-state index is -1.05. The van der Waals surface area contributed by atoms with E-state index in [1.54, 1.807) is 37.4 Å². The first kappa shape index (κ1) is 21.2. The van der Waals surface area contributed by atoms with Crippen molar-refractivity contribution in [2.24, 2.45) is 0 Å². The van der Waals surface area contributed by atoms with Crippen LogP contribution in [0.3, 0.4) is 0 Å². The lowest BCUT2D eigenvalue weighted by Gasteiger charge is -2.04. The van der Waals surface area contributed by atoms with E-state index in [2.05, 4.69) is 22.4 Å². The van der Waals surface area contributed by atoms with Crippen molar-refractivity contribution in [3.05, 3.63) is 53.5 Å². The Morgan fingerprint density at radius 1 is 1.23 bits per heavy atom. The Labute approximate surface area is 174 Å². The number of phenols is 1. The van der Waals surface area contributed by atoms with Gasteiger partial charge in [0.15, 0.2) is 0 Å². The SMILES string of the molecule is CCCCn1cc(NC(=O)CCc2cc(-c3ccc(O)cc3)n[nH]2)c(C(=O)O)c1C. The highest BCUT2D eigenvalue weighted by Crippen LogP contribution is 2.24. The highest BCUT2D eigenvalue weighted by atomic mass is 16.4. The van der Waals surface area contributed by atoms with Crippen molar-refractivity contribution in [2.45, 2.75) is 46.1 Å². The summed E-state index contributed by atoms with van der Waals surface area (Å²) in [5, 5.41) is 28.8. The first-order valence-corrected chi connectivity index (χ1v) is 9.95. The molecule has 1 amide bonds. The van der Waals surface area contributed by atoms with Gasteiger partial charge in [0, 0.05) is 36.1 Å². The molecule has 0 saturated heterocycles. The summed E-state index contributed by atoms with van der Waals surface area (Å²) in [4.78, 5) is 24.1. The van der Waals surface area contributed by atoms with Gasteiger partial charge < -0.3 is 20.1 Å². The molecular formula is C22H26N4O4. The number of aryl methyl sites for hydroxylation is 2. The summed E-state index contributed by atoms with van der Waals surface area (Å²) < 4.78 is 1.88. The summed E-state index contributed by atoms with van der Waals surface area (Å²) in [7, 11) is 0. The number of aromatic nitrogens is 3. The van der Waals surface area contributed by atoms with E-state index < -0.39 is 5.97 Å². The number of phenolic OH excluding ortho intramolecular Hbond substituents is 1. The molecule has 0 unspecified atom stereocenters. The van der Waals surface area contributed by atoms with Crippen LogP contribution in [0.25, 0.3) is 11.3 Å². The Morgan fingerprint density at radius 2 is 1.97 bits per heavy atom. The maximum Gasteiger partial charge on any atom is 0.339 e. The molecule has 2 heterocycles. The number of unbranched alkanes of at least 4 members (excludes halogenated alkanes) is 1. The number of hydrogen-bond donors (Lipinski definition) is 4. The van der Waals surface area contributed by atoms with Gasteiger partial charge in [-0.3, -0.25) is 9.89 Å². The number of hydrogen-bond acceptors (Lipinski definition) is 4. The Kier molecular flexibility index (Phi) is 6.56. The Hall–Kier alpha value is -3.55. The molecule has 8 heteroatoms. The lowest BCUT2D eigenvalue weighted by atomic mass is 10.1. The fraction of sp³-hybridized carbons (Fsp3) is 0.318. The minimum absolute atomic E-state index is 0.135. The molecular weight excluding hydrogens is 384 g/mol. The number of carboxylic acid groups (broad SMARTS) is 1. The standard InChI is InChI=1S/C22H26N4O4/c1-3-4-11-26-13-19(21(14(26)2)22(29)30)23-20(28)10-7-16-12-18(25-24-16)15-5-8-17(27)9-6-15/h5-6,8-9,12-13,27H,3-4,7,10-11H2,1-2H3,(H,23,28)(H,24,25)(H,29,30). The van der Waals surface area contributed by atoms with Crippen LogP contribution < -0.4 is 5.32 Å². The average Bonchev–Trinajstić information content (AvgIpc) is 3.30. The average molecular weight is 410 g/mol. The lowest BCUT2D eigenvalue weighted by molar-refractivity contribution is -0.116. The molecule has 0 radical (unpaired) electrons. The molecule has 158 valence electrons. The number of aromatic carboxylic acids is 1. The molecule has 0 atom stereocenters. The fourth-order valence-electron chi connectivity index (χ4n) is 3.31. The monoisotopic (exact) mass is 410 g/mol. The van der Waals surface area contributed by atoms with E-state index in [1.807, 2.05) is 10.6 Å². The molecule has 30 heavy (non-hydrogen) atoms. The van der Waals surface area contributed by atoms with E-state index in [-0.39, 0.29) is 23.6 Å². The summed E-state index contributed by atoms with van der Waals surface area (Å²) in [5.74, 6) is -1.12. The number of aromatic amines is 1. The van der Waals surface area contributed by atoms with Crippen molar-refractivity contribution in [1.29, 1.82) is 0 Å². The van der Waals surface area contributed by atoms with Crippen LogP contribution in [-0.2, 0) is 17.8 Å². The number of anilines is 1. The second-order valence-corrected chi connectivity index (χ2v) is 7.23. The highest BCUT2D eigenvalue weighted by molar-refractivity contribution is 6.01. The van der Waals surface area contributed by atoms with E-state index in [4.69, 9.17) is 0 Å². The van der Waals surface area contributed by atoms with Crippen LogP contribution in [0.1, 0.15) is 47.9 Å². The molecule has 0 fully saturated rings. The number of carbonyl (C=O) groups is 2. The maximum atomic E-state index is 12.4. The van der Waals surface area contributed by atoms with Gasteiger partial charge in [0.2, 0.25) is 5.91 Å². The van der Waals surface area contributed by atoms with Crippen molar-refractivity contribution in [3.63, 3.8) is 0 Å². The molecule has 0 saturated carbocycles. The summed E-state index contributed by atoms with van der Waals surface area (Å²) in [6.45, 7) is 4.54. The van der Waals surface area contributed by atoms with Crippen LogP contribution in [-0.4, -0.2) is 36.9 Å². The van der Waals surface area contributed by atoms with E-state index >= 15 is 0 Å². The molecule has 8 nitrogen and oxygen atoms in total. The van der Waals surface area contributed by atoms with Gasteiger partial charge in [0.05, 0.1) is 11.4 Å². The third-order valence-corrected chi connectivity index (χ3v) is 5.00. The van der Waals surface area contributed by atoms with Gasteiger partial charge in [0.1, 0.15) is 11.3 Å².